The van der Waals surface area contributed by atoms with Crippen LogP contribution in [-0.4, -0.2) is 37.0 Å². The van der Waals surface area contributed by atoms with Crippen molar-refractivity contribution in [3.8, 4) is 0 Å². The molecule has 1 N–H and O–H groups in total. The number of likely N-dealkylation sites (tertiary alicyclic amines) is 1. The van der Waals surface area contributed by atoms with Crippen molar-refractivity contribution in [2.45, 2.75) is 32.1 Å². The Morgan fingerprint density at radius 1 is 1.20 bits per heavy atom. The van der Waals surface area contributed by atoms with E-state index in [0.29, 0.717) is 11.3 Å². The summed E-state index contributed by atoms with van der Waals surface area (Å²) in [6, 6.07) is 10.1. The molecule has 2 aliphatic rings. The van der Waals surface area contributed by atoms with Crippen LogP contribution < -0.4 is 5.32 Å². The largest absolute Gasteiger partial charge is 0.342 e. The predicted octanol–water partition coefficient (Wildman–Crippen LogP) is 2.39. The van der Waals surface area contributed by atoms with Gasteiger partial charge in [-0.2, -0.15) is 0 Å². The van der Waals surface area contributed by atoms with Crippen LogP contribution in [0.3, 0.4) is 0 Å². The lowest BCUT2D eigenvalue weighted by Crippen LogP contribution is -2.40. The number of amides is 1. The van der Waals surface area contributed by atoms with Gasteiger partial charge in [0.05, 0.1) is 5.92 Å². The highest BCUT2D eigenvalue weighted by Gasteiger charge is 2.41. The quantitative estimate of drug-likeness (QED) is 0.896. The summed E-state index contributed by atoms with van der Waals surface area (Å²) in [6.45, 7) is 6.15. The number of hydrogen-bond donors (Lipinski definition) is 1. The van der Waals surface area contributed by atoms with Crippen LogP contribution in [0.1, 0.15) is 37.7 Å². The normalized spacial score (nSPS) is 22.9. The van der Waals surface area contributed by atoms with Gasteiger partial charge in [0.15, 0.2) is 0 Å². The molecule has 108 valence electrons. The molecule has 0 saturated carbocycles. The molecule has 1 aromatic rings. The van der Waals surface area contributed by atoms with Crippen LogP contribution in [-0.2, 0) is 4.79 Å². The van der Waals surface area contributed by atoms with E-state index < -0.39 is 0 Å². The first-order valence-corrected chi connectivity index (χ1v) is 7.75. The Balaban J connectivity index is 1.66. The Kier molecular flexibility index (Phi) is 3.79. The molecular formula is C17H24N2O. The summed E-state index contributed by atoms with van der Waals surface area (Å²) in [6.07, 6.45) is 3.62. The highest BCUT2D eigenvalue weighted by molar-refractivity contribution is 5.83. The van der Waals surface area contributed by atoms with Gasteiger partial charge in [0, 0.05) is 13.1 Å². The molecule has 1 unspecified atom stereocenters. The molecule has 2 saturated heterocycles. The van der Waals surface area contributed by atoms with Gasteiger partial charge in [0.25, 0.3) is 0 Å². The lowest BCUT2D eigenvalue weighted by atomic mass is 9.78. The molecule has 20 heavy (non-hydrogen) atoms. The van der Waals surface area contributed by atoms with Gasteiger partial charge in [-0.3, -0.25) is 4.79 Å². The van der Waals surface area contributed by atoms with E-state index in [1.165, 1.54) is 19.3 Å². The zero-order chi connectivity index (χ0) is 14.0. The number of nitrogens with zero attached hydrogens (tertiary/aromatic N) is 1. The fourth-order valence-electron chi connectivity index (χ4n) is 3.65. The summed E-state index contributed by atoms with van der Waals surface area (Å²) in [5.41, 5.74) is 1.53. The van der Waals surface area contributed by atoms with Crippen molar-refractivity contribution < 1.29 is 4.79 Å². The van der Waals surface area contributed by atoms with E-state index in [-0.39, 0.29) is 5.92 Å². The first kappa shape index (κ1) is 13.6. The summed E-state index contributed by atoms with van der Waals surface area (Å²) >= 11 is 0. The number of nitrogens with one attached hydrogen (secondary N) is 1. The number of benzene rings is 1. The third kappa shape index (κ3) is 2.59. The Bertz CT molecular complexity index is 465. The summed E-state index contributed by atoms with van der Waals surface area (Å²) in [5, 5.41) is 3.43. The van der Waals surface area contributed by atoms with Gasteiger partial charge >= 0.3 is 0 Å². The fourth-order valence-corrected chi connectivity index (χ4v) is 3.65. The second-order valence-corrected chi connectivity index (χ2v) is 6.39. The molecule has 3 nitrogen and oxygen atoms in total. The van der Waals surface area contributed by atoms with Gasteiger partial charge in [-0.25, -0.2) is 0 Å². The molecule has 3 heteroatoms. The maximum Gasteiger partial charge on any atom is 0.229 e. The predicted molar refractivity (Wildman–Crippen MR) is 80.6 cm³/mol. The van der Waals surface area contributed by atoms with Crippen molar-refractivity contribution >= 4 is 5.91 Å². The van der Waals surface area contributed by atoms with E-state index in [2.05, 4.69) is 22.3 Å². The number of carbonyl (C=O) groups is 1. The van der Waals surface area contributed by atoms with Gasteiger partial charge < -0.3 is 10.2 Å². The van der Waals surface area contributed by atoms with Crippen molar-refractivity contribution in [3.05, 3.63) is 35.9 Å². The lowest BCUT2D eigenvalue weighted by molar-refractivity contribution is -0.131. The zero-order valence-corrected chi connectivity index (χ0v) is 12.3. The lowest BCUT2D eigenvalue weighted by Gasteiger charge is -2.34. The van der Waals surface area contributed by atoms with Gasteiger partial charge in [-0.05, 0) is 50.3 Å². The minimum absolute atomic E-state index is 0.0203. The molecule has 0 aliphatic carbocycles. The summed E-state index contributed by atoms with van der Waals surface area (Å²) < 4.78 is 0. The van der Waals surface area contributed by atoms with Crippen LogP contribution in [0.5, 0.6) is 0 Å². The molecular weight excluding hydrogens is 248 g/mol. The van der Waals surface area contributed by atoms with E-state index in [1.807, 2.05) is 25.1 Å². The van der Waals surface area contributed by atoms with Gasteiger partial charge in [-0.15, -0.1) is 0 Å². The molecule has 2 heterocycles. The van der Waals surface area contributed by atoms with Crippen LogP contribution in [0, 0.1) is 5.41 Å². The second kappa shape index (κ2) is 5.57. The van der Waals surface area contributed by atoms with Gasteiger partial charge in [0.2, 0.25) is 5.91 Å². The second-order valence-electron chi connectivity index (χ2n) is 6.39. The average molecular weight is 272 g/mol. The number of carbonyl (C=O) groups excluding carboxylic acids is 1. The summed E-state index contributed by atoms with van der Waals surface area (Å²) in [7, 11) is 0. The van der Waals surface area contributed by atoms with Gasteiger partial charge in [0.1, 0.15) is 0 Å². The van der Waals surface area contributed by atoms with E-state index in [0.717, 1.165) is 31.7 Å². The summed E-state index contributed by atoms with van der Waals surface area (Å²) in [4.78, 5) is 14.8. The van der Waals surface area contributed by atoms with Crippen LogP contribution in [0.4, 0.5) is 0 Å². The van der Waals surface area contributed by atoms with E-state index in [9.17, 15) is 4.79 Å². The number of hydrogen-bond acceptors (Lipinski definition) is 2. The highest BCUT2D eigenvalue weighted by atomic mass is 16.2. The Morgan fingerprint density at radius 3 is 2.60 bits per heavy atom. The maximum atomic E-state index is 12.7. The molecule has 1 spiro atoms. The number of rotatable bonds is 2. The topological polar surface area (TPSA) is 32.3 Å². The molecule has 0 radical (unpaired) electrons. The molecule has 1 amide bonds. The third-order valence-corrected chi connectivity index (χ3v) is 5.08. The molecule has 1 atom stereocenters. The van der Waals surface area contributed by atoms with Gasteiger partial charge in [-0.1, -0.05) is 30.3 Å². The van der Waals surface area contributed by atoms with Crippen molar-refractivity contribution in [3.63, 3.8) is 0 Å². The Hall–Kier alpha value is -1.35. The number of piperidine rings is 1. The molecule has 3 rings (SSSR count). The standard InChI is InChI=1S/C17H24N2O/c1-14(15-5-3-2-4-6-15)16(20)19-12-9-17(13-19)7-10-18-11-8-17/h2-6,14,18H,7-13H2,1H3. The van der Waals surface area contributed by atoms with E-state index in [1.54, 1.807) is 0 Å². The maximum absolute atomic E-state index is 12.7. The minimum atomic E-state index is -0.0203. The van der Waals surface area contributed by atoms with Crippen LogP contribution >= 0.6 is 0 Å². The van der Waals surface area contributed by atoms with Crippen molar-refractivity contribution in [1.82, 2.24) is 10.2 Å². The molecule has 0 bridgehead atoms. The van der Waals surface area contributed by atoms with Crippen LogP contribution in [0.25, 0.3) is 0 Å². The minimum Gasteiger partial charge on any atom is -0.342 e. The first-order chi connectivity index (χ1) is 9.70. The van der Waals surface area contributed by atoms with Crippen molar-refractivity contribution in [2.75, 3.05) is 26.2 Å². The SMILES string of the molecule is CC(C(=O)N1CCC2(CCNCC2)C1)c1ccccc1. The van der Waals surface area contributed by atoms with E-state index >= 15 is 0 Å². The fraction of sp³-hybridized carbons (Fsp3) is 0.588. The van der Waals surface area contributed by atoms with Crippen LogP contribution in [0.15, 0.2) is 30.3 Å². The molecule has 2 fully saturated rings. The van der Waals surface area contributed by atoms with Crippen molar-refractivity contribution in [1.29, 1.82) is 0 Å². The molecule has 0 aromatic heterocycles. The Morgan fingerprint density at radius 2 is 1.90 bits per heavy atom. The van der Waals surface area contributed by atoms with Crippen LogP contribution in [0.2, 0.25) is 0 Å². The third-order valence-electron chi connectivity index (χ3n) is 5.08. The first-order valence-electron chi connectivity index (χ1n) is 7.75. The monoisotopic (exact) mass is 272 g/mol. The Labute approximate surface area is 121 Å². The molecule has 1 aromatic carbocycles. The smallest absolute Gasteiger partial charge is 0.229 e. The molecule has 2 aliphatic heterocycles. The van der Waals surface area contributed by atoms with Crippen molar-refractivity contribution in [2.24, 2.45) is 5.41 Å². The van der Waals surface area contributed by atoms with E-state index in [4.69, 9.17) is 0 Å². The summed E-state index contributed by atoms with van der Waals surface area (Å²) in [5.74, 6) is 0.277. The highest BCUT2D eigenvalue weighted by Crippen LogP contribution is 2.39. The zero-order valence-electron chi connectivity index (χ0n) is 12.3. The average Bonchev–Trinajstić information content (AvgIpc) is 2.91.